The van der Waals surface area contributed by atoms with Crippen molar-refractivity contribution in [3.63, 3.8) is 0 Å². The van der Waals surface area contributed by atoms with Gasteiger partial charge in [0.1, 0.15) is 5.78 Å². The van der Waals surface area contributed by atoms with E-state index in [2.05, 4.69) is 19.1 Å². The van der Waals surface area contributed by atoms with Crippen LogP contribution in [0.1, 0.15) is 51.9 Å². The molecule has 0 aliphatic heterocycles. The number of Topliss-reactive ketones (excluding diaryl/α,β-unsaturated/α-hetero) is 1. The summed E-state index contributed by atoms with van der Waals surface area (Å²) in [5.41, 5.74) is 0.00141. The van der Waals surface area contributed by atoms with Gasteiger partial charge in [0.2, 0.25) is 0 Å². The first-order valence-corrected chi connectivity index (χ1v) is 6.93. The molecule has 0 saturated heterocycles. The third kappa shape index (κ3) is 1.48. The van der Waals surface area contributed by atoms with Gasteiger partial charge < -0.3 is 0 Å². The fourth-order valence-electron chi connectivity index (χ4n) is 4.21. The summed E-state index contributed by atoms with van der Waals surface area (Å²) in [4.78, 5) is 12.7. The standard InChI is InChI=1S/C15H22O/c1-15(10-11-7-8-13(15)9-11)14(16)12-5-3-2-4-6-12/h7-8,11-13H,2-6,9-10H2,1H3. The van der Waals surface area contributed by atoms with Gasteiger partial charge in [-0.2, -0.15) is 0 Å². The summed E-state index contributed by atoms with van der Waals surface area (Å²) < 4.78 is 0. The molecule has 0 radical (unpaired) electrons. The number of carbonyl (C=O) groups is 1. The van der Waals surface area contributed by atoms with Gasteiger partial charge >= 0.3 is 0 Å². The second-order valence-electron chi connectivity index (χ2n) is 6.31. The largest absolute Gasteiger partial charge is 0.299 e. The van der Waals surface area contributed by atoms with Crippen molar-refractivity contribution in [1.29, 1.82) is 0 Å². The zero-order chi connectivity index (χ0) is 11.2. The monoisotopic (exact) mass is 218 g/mol. The summed E-state index contributed by atoms with van der Waals surface area (Å²) in [5, 5.41) is 0. The molecule has 3 aliphatic carbocycles. The fourth-order valence-corrected chi connectivity index (χ4v) is 4.21. The van der Waals surface area contributed by atoms with Crippen LogP contribution in [-0.2, 0) is 4.79 Å². The van der Waals surface area contributed by atoms with E-state index in [4.69, 9.17) is 0 Å². The second-order valence-corrected chi connectivity index (χ2v) is 6.31. The first-order valence-electron chi connectivity index (χ1n) is 6.93. The van der Waals surface area contributed by atoms with E-state index in [0.717, 1.165) is 19.3 Å². The van der Waals surface area contributed by atoms with E-state index in [1.807, 2.05) is 0 Å². The molecule has 0 N–H and O–H groups in total. The highest BCUT2D eigenvalue weighted by atomic mass is 16.1. The van der Waals surface area contributed by atoms with Crippen LogP contribution in [0.3, 0.4) is 0 Å². The van der Waals surface area contributed by atoms with Crippen LogP contribution < -0.4 is 0 Å². The molecular formula is C15H22O. The van der Waals surface area contributed by atoms with Crippen LogP contribution in [0, 0.1) is 23.2 Å². The summed E-state index contributed by atoms with van der Waals surface area (Å²) >= 11 is 0. The minimum atomic E-state index is 0.00141. The van der Waals surface area contributed by atoms with Gasteiger partial charge in [-0.3, -0.25) is 4.79 Å². The SMILES string of the molecule is CC1(C(=O)C2CCCCC2)CC2C=CC1C2. The summed E-state index contributed by atoms with van der Waals surface area (Å²) in [6.07, 6.45) is 13.2. The predicted molar refractivity (Wildman–Crippen MR) is 65.0 cm³/mol. The summed E-state index contributed by atoms with van der Waals surface area (Å²) in [6.45, 7) is 2.23. The highest BCUT2D eigenvalue weighted by Gasteiger charge is 2.51. The van der Waals surface area contributed by atoms with E-state index >= 15 is 0 Å². The van der Waals surface area contributed by atoms with Crippen LogP contribution in [0.4, 0.5) is 0 Å². The molecule has 0 aromatic rings. The number of ketones is 1. The lowest BCUT2D eigenvalue weighted by atomic mass is 9.68. The molecular weight excluding hydrogens is 196 g/mol. The molecule has 2 saturated carbocycles. The van der Waals surface area contributed by atoms with Crippen molar-refractivity contribution in [2.45, 2.75) is 51.9 Å². The zero-order valence-corrected chi connectivity index (χ0v) is 10.2. The van der Waals surface area contributed by atoms with E-state index in [-0.39, 0.29) is 5.41 Å². The minimum Gasteiger partial charge on any atom is -0.299 e. The smallest absolute Gasteiger partial charge is 0.142 e. The molecule has 16 heavy (non-hydrogen) atoms. The molecule has 2 bridgehead atoms. The van der Waals surface area contributed by atoms with Gasteiger partial charge in [0.05, 0.1) is 0 Å². The third-order valence-electron chi connectivity index (χ3n) is 5.22. The van der Waals surface area contributed by atoms with Gasteiger partial charge in [-0.25, -0.2) is 0 Å². The Balaban J connectivity index is 1.76. The van der Waals surface area contributed by atoms with E-state index < -0.39 is 0 Å². The quantitative estimate of drug-likeness (QED) is 0.645. The van der Waals surface area contributed by atoms with E-state index in [1.54, 1.807) is 0 Å². The number of hydrogen-bond acceptors (Lipinski definition) is 1. The molecule has 1 nitrogen and oxygen atoms in total. The molecule has 3 atom stereocenters. The Morgan fingerprint density at radius 2 is 1.94 bits per heavy atom. The Morgan fingerprint density at radius 3 is 2.50 bits per heavy atom. The first kappa shape index (κ1) is 10.6. The van der Waals surface area contributed by atoms with Crippen molar-refractivity contribution in [3.05, 3.63) is 12.2 Å². The lowest BCUT2D eigenvalue weighted by molar-refractivity contribution is -0.134. The Labute approximate surface area is 98.3 Å². The highest BCUT2D eigenvalue weighted by molar-refractivity contribution is 5.88. The number of fused-ring (bicyclic) bond motifs is 2. The lowest BCUT2D eigenvalue weighted by Gasteiger charge is -2.34. The van der Waals surface area contributed by atoms with E-state index in [9.17, 15) is 4.79 Å². The molecule has 3 unspecified atom stereocenters. The maximum absolute atomic E-state index is 12.7. The molecule has 1 heteroatoms. The maximum Gasteiger partial charge on any atom is 0.142 e. The Bertz CT molecular complexity index is 324. The molecule has 0 aromatic carbocycles. The van der Waals surface area contributed by atoms with Crippen molar-refractivity contribution in [3.8, 4) is 0 Å². The van der Waals surface area contributed by atoms with Gasteiger partial charge in [-0.1, -0.05) is 38.3 Å². The molecule has 2 fully saturated rings. The summed E-state index contributed by atoms with van der Waals surface area (Å²) in [6, 6.07) is 0. The van der Waals surface area contributed by atoms with Crippen LogP contribution in [0.25, 0.3) is 0 Å². The Hall–Kier alpha value is -0.590. The van der Waals surface area contributed by atoms with Gasteiger partial charge in [0, 0.05) is 11.3 Å². The van der Waals surface area contributed by atoms with Gasteiger partial charge in [-0.05, 0) is 37.5 Å². The van der Waals surface area contributed by atoms with E-state index in [0.29, 0.717) is 23.5 Å². The first-order chi connectivity index (χ1) is 7.70. The van der Waals surface area contributed by atoms with Crippen molar-refractivity contribution >= 4 is 5.78 Å². The zero-order valence-electron chi connectivity index (χ0n) is 10.2. The number of allylic oxidation sites excluding steroid dienone is 2. The Morgan fingerprint density at radius 1 is 1.19 bits per heavy atom. The molecule has 0 heterocycles. The third-order valence-corrected chi connectivity index (χ3v) is 5.22. The van der Waals surface area contributed by atoms with Crippen LogP contribution in [0.2, 0.25) is 0 Å². The topological polar surface area (TPSA) is 17.1 Å². The molecule has 0 amide bonds. The van der Waals surface area contributed by atoms with Gasteiger partial charge in [-0.15, -0.1) is 0 Å². The van der Waals surface area contributed by atoms with Crippen LogP contribution in [0.15, 0.2) is 12.2 Å². The summed E-state index contributed by atoms with van der Waals surface area (Å²) in [7, 11) is 0. The lowest BCUT2D eigenvalue weighted by Crippen LogP contribution is -2.37. The molecule has 0 spiro atoms. The average molecular weight is 218 g/mol. The number of rotatable bonds is 2. The normalized spacial score (nSPS) is 42.8. The maximum atomic E-state index is 12.7. The predicted octanol–water partition coefficient (Wildman–Crippen LogP) is 3.74. The second kappa shape index (κ2) is 3.72. The molecule has 3 aliphatic rings. The van der Waals surface area contributed by atoms with Gasteiger partial charge in [0.15, 0.2) is 0 Å². The molecule has 88 valence electrons. The van der Waals surface area contributed by atoms with Crippen LogP contribution in [-0.4, -0.2) is 5.78 Å². The van der Waals surface area contributed by atoms with Crippen LogP contribution >= 0.6 is 0 Å². The number of carbonyl (C=O) groups excluding carboxylic acids is 1. The van der Waals surface area contributed by atoms with E-state index in [1.165, 1.54) is 25.7 Å². The van der Waals surface area contributed by atoms with Gasteiger partial charge in [0.25, 0.3) is 0 Å². The average Bonchev–Trinajstić information content (AvgIpc) is 2.89. The van der Waals surface area contributed by atoms with Crippen molar-refractivity contribution in [2.24, 2.45) is 23.2 Å². The minimum absolute atomic E-state index is 0.00141. The van der Waals surface area contributed by atoms with Crippen molar-refractivity contribution in [2.75, 3.05) is 0 Å². The summed E-state index contributed by atoms with van der Waals surface area (Å²) in [5.74, 6) is 2.27. The molecule has 3 rings (SSSR count). The molecule has 0 aromatic heterocycles. The van der Waals surface area contributed by atoms with Crippen molar-refractivity contribution in [1.82, 2.24) is 0 Å². The number of hydrogen-bond donors (Lipinski definition) is 0. The highest BCUT2D eigenvalue weighted by Crippen LogP contribution is 2.54. The van der Waals surface area contributed by atoms with Crippen molar-refractivity contribution < 1.29 is 4.79 Å². The fraction of sp³-hybridized carbons (Fsp3) is 0.800. The Kier molecular flexibility index (Phi) is 2.45. The van der Waals surface area contributed by atoms with Crippen LogP contribution in [0.5, 0.6) is 0 Å².